The van der Waals surface area contributed by atoms with Crippen molar-refractivity contribution in [2.24, 2.45) is 0 Å². The van der Waals surface area contributed by atoms with Crippen LogP contribution in [0.4, 0.5) is 0 Å². The van der Waals surface area contributed by atoms with Crippen LogP contribution in [0.2, 0.25) is 0 Å². The predicted molar refractivity (Wildman–Crippen MR) is 79.7 cm³/mol. The molecule has 1 heterocycles. The molecule has 1 N–H and O–H groups in total. The van der Waals surface area contributed by atoms with Crippen LogP contribution in [-0.2, 0) is 0 Å². The highest BCUT2D eigenvalue weighted by atomic mass is 79.9. The number of halogens is 1. The molecular weight excluding hydrogens is 306 g/mol. The van der Waals surface area contributed by atoms with Crippen molar-refractivity contribution in [2.45, 2.75) is 19.9 Å². The number of nitrogens with one attached hydrogen (secondary N) is 1. The third kappa shape index (κ3) is 3.19. The third-order valence-electron chi connectivity index (χ3n) is 2.93. The molecule has 0 bridgehead atoms. The molecule has 0 radical (unpaired) electrons. The monoisotopic (exact) mass is 323 g/mol. The van der Waals surface area contributed by atoms with E-state index in [1.54, 1.807) is 0 Å². The van der Waals surface area contributed by atoms with Gasteiger partial charge in [-0.15, -0.1) is 0 Å². The van der Waals surface area contributed by atoms with Gasteiger partial charge in [-0.25, -0.2) is 0 Å². The quantitative estimate of drug-likeness (QED) is 0.901. The lowest BCUT2D eigenvalue weighted by molar-refractivity contribution is 0.339. The molecule has 0 amide bonds. The fourth-order valence-electron chi connectivity index (χ4n) is 2.06. The van der Waals surface area contributed by atoms with Gasteiger partial charge in [0, 0.05) is 4.47 Å². The largest absolute Gasteiger partial charge is 0.494 e. The van der Waals surface area contributed by atoms with Crippen LogP contribution in [0.15, 0.2) is 39.2 Å². The summed E-state index contributed by atoms with van der Waals surface area (Å²) in [4.78, 5) is 0. The van der Waals surface area contributed by atoms with Crippen molar-refractivity contribution in [1.29, 1.82) is 0 Å². The first-order valence-electron chi connectivity index (χ1n) is 6.31. The summed E-state index contributed by atoms with van der Waals surface area (Å²) in [5.41, 5.74) is 1.13. The molecule has 1 aromatic heterocycles. The molecule has 4 heteroatoms. The third-order valence-corrected chi connectivity index (χ3v) is 3.62. The second-order valence-electron chi connectivity index (χ2n) is 4.29. The van der Waals surface area contributed by atoms with Crippen LogP contribution in [0.3, 0.4) is 0 Å². The smallest absolute Gasteiger partial charge is 0.125 e. The van der Waals surface area contributed by atoms with Crippen molar-refractivity contribution in [2.75, 3.05) is 13.7 Å². The maximum Gasteiger partial charge on any atom is 0.125 e. The van der Waals surface area contributed by atoms with Crippen LogP contribution in [0, 0.1) is 6.92 Å². The van der Waals surface area contributed by atoms with Gasteiger partial charge in [-0.05, 0) is 50.7 Å². The van der Waals surface area contributed by atoms with E-state index in [1.165, 1.54) is 0 Å². The SMILES string of the molecule is CCOc1ccc(C(NC)c2ccc(C)o2)c(Br)c1. The highest BCUT2D eigenvalue weighted by Crippen LogP contribution is 2.32. The molecule has 0 aliphatic rings. The Kier molecular flexibility index (Phi) is 4.66. The molecule has 0 fully saturated rings. The molecule has 0 aliphatic heterocycles. The zero-order valence-electron chi connectivity index (χ0n) is 11.4. The fraction of sp³-hybridized carbons (Fsp3) is 0.333. The highest BCUT2D eigenvalue weighted by Gasteiger charge is 2.18. The van der Waals surface area contributed by atoms with Crippen LogP contribution in [0.25, 0.3) is 0 Å². The van der Waals surface area contributed by atoms with E-state index in [1.807, 2.05) is 51.2 Å². The number of furan rings is 1. The highest BCUT2D eigenvalue weighted by molar-refractivity contribution is 9.10. The minimum atomic E-state index is 0.0266. The zero-order chi connectivity index (χ0) is 13.8. The summed E-state index contributed by atoms with van der Waals surface area (Å²) in [7, 11) is 1.92. The average Bonchev–Trinajstić information content (AvgIpc) is 2.80. The molecule has 1 unspecified atom stereocenters. The first kappa shape index (κ1) is 14.2. The summed E-state index contributed by atoms with van der Waals surface area (Å²) in [6.45, 7) is 4.59. The van der Waals surface area contributed by atoms with Crippen molar-refractivity contribution in [1.82, 2.24) is 5.32 Å². The standard InChI is InChI=1S/C15H18BrNO2/c1-4-18-11-6-7-12(13(16)9-11)15(17-3)14-8-5-10(2)19-14/h5-9,15,17H,4H2,1-3H3. The predicted octanol–water partition coefficient (Wildman–Crippen LogP) is 4.06. The second-order valence-corrected chi connectivity index (χ2v) is 5.14. The fourth-order valence-corrected chi connectivity index (χ4v) is 2.64. The number of rotatable bonds is 5. The van der Waals surface area contributed by atoms with Gasteiger partial charge in [-0.2, -0.15) is 0 Å². The molecule has 2 aromatic rings. The number of hydrogen-bond donors (Lipinski definition) is 1. The van der Waals surface area contributed by atoms with E-state index >= 15 is 0 Å². The van der Waals surface area contributed by atoms with E-state index in [0.29, 0.717) is 6.61 Å². The molecule has 102 valence electrons. The van der Waals surface area contributed by atoms with Gasteiger partial charge in [0.1, 0.15) is 17.3 Å². The lowest BCUT2D eigenvalue weighted by Crippen LogP contribution is -2.17. The molecule has 19 heavy (non-hydrogen) atoms. The topological polar surface area (TPSA) is 34.4 Å². The van der Waals surface area contributed by atoms with Crippen molar-refractivity contribution >= 4 is 15.9 Å². The van der Waals surface area contributed by atoms with Gasteiger partial charge < -0.3 is 14.5 Å². The van der Waals surface area contributed by atoms with E-state index in [9.17, 15) is 0 Å². The Morgan fingerprint density at radius 1 is 1.32 bits per heavy atom. The second kappa shape index (κ2) is 6.26. The molecule has 0 aliphatic carbocycles. The van der Waals surface area contributed by atoms with Crippen molar-refractivity contribution in [3.63, 3.8) is 0 Å². The van der Waals surface area contributed by atoms with Gasteiger partial charge in [-0.1, -0.05) is 22.0 Å². The molecule has 1 atom stereocenters. The number of hydrogen-bond acceptors (Lipinski definition) is 3. The van der Waals surface area contributed by atoms with E-state index in [4.69, 9.17) is 9.15 Å². The molecule has 0 saturated heterocycles. The Bertz CT molecular complexity index is 551. The molecule has 3 nitrogen and oxygen atoms in total. The summed E-state index contributed by atoms with van der Waals surface area (Å²) in [6, 6.07) is 10.0. The van der Waals surface area contributed by atoms with Gasteiger partial charge >= 0.3 is 0 Å². The van der Waals surface area contributed by atoms with E-state index in [0.717, 1.165) is 27.3 Å². The van der Waals surface area contributed by atoms with Gasteiger partial charge in [-0.3, -0.25) is 0 Å². The Balaban J connectivity index is 2.33. The Morgan fingerprint density at radius 2 is 2.11 bits per heavy atom. The summed E-state index contributed by atoms with van der Waals surface area (Å²) in [5.74, 6) is 2.69. The number of ether oxygens (including phenoxy) is 1. The normalized spacial score (nSPS) is 12.4. The van der Waals surface area contributed by atoms with Crippen LogP contribution in [0.5, 0.6) is 5.75 Å². The Labute approximate surface area is 122 Å². The zero-order valence-corrected chi connectivity index (χ0v) is 13.0. The van der Waals surface area contributed by atoms with E-state index in [2.05, 4.69) is 21.2 Å². The summed E-state index contributed by atoms with van der Waals surface area (Å²) in [5, 5.41) is 3.28. The average molecular weight is 324 g/mol. The van der Waals surface area contributed by atoms with Crippen molar-refractivity contribution in [3.8, 4) is 5.75 Å². The summed E-state index contributed by atoms with van der Waals surface area (Å²) >= 11 is 3.60. The van der Waals surface area contributed by atoms with E-state index < -0.39 is 0 Å². The lowest BCUT2D eigenvalue weighted by atomic mass is 10.0. The van der Waals surface area contributed by atoms with Gasteiger partial charge in [0.25, 0.3) is 0 Å². The molecular formula is C15H18BrNO2. The van der Waals surface area contributed by atoms with Gasteiger partial charge in [0.2, 0.25) is 0 Å². The maximum absolute atomic E-state index is 5.71. The molecule has 0 spiro atoms. The molecule has 0 saturated carbocycles. The summed E-state index contributed by atoms with van der Waals surface area (Å²) < 4.78 is 12.2. The van der Waals surface area contributed by atoms with Crippen LogP contribution in [0.1, 0.15) is 30.0 Å². The van der Waals surface area contributed by atoms with Crippen LogP contribution < -0.4 is 10.1 Å². The van der Waals surface area contributed by atoms with Crippen LogP contribution in [-0.4, -0.2) is 13.7 Å². The minimum absolute atomic E-state index is 0.0266. The van der Waals surface area contributed by atoms with Gasteiger partial charge in [0.15, 0.2) is 0 Å². The Morgan fingerprint density at radius 3 is 2.63 bits per heavy atom. The number of aryl methyl sites for hydroxylation is 1. The molecule has 2 rings (SSSR count). The lowest BCUT2D eigenvalue weighted by Gasteiger charge is -2.16. The first-order valence-corrected chi connectivity index (χ1v) is 7.10. The van der Waals surface area contributed by atoms with Gasteiger partial charge in [0.05, 0.1) is 12.6 Å². The first-order chi connectivity index (χ1) is 9.15. The van der Waals surface area contributed by atoms with Crippen LogP contribution >= 0.6 is 15.9 Å². The molecule has 1 aromatic carbocycles. The van der Waals surface area contributed by atoms with E-state index in [-0.39, 0.29) is 6.04 Å². The maximum atomic E-state index is 5.71. The van der Waals surface area contributed by atoms with Crippen molar-refractivity contribution in [3.05, 3.63) is 51.9 Å². The van der Waals surface area contributed by atoms with Crippen molar-refractivity contribution < 1.29 is 9.15 Å². The minimum Gasteiger partial charge on any atom is -0.494 e. The number of benzene rings is 1. The summed E-state index contributed by atoms with van der Waals surface area (Å²) in [6.07, 6.45) is 0. The Hall–Kier alpha value is -1.26.